The zero-order chi connectivity index (χ0) is 14.6. The van der Waals surface area contributed by atoms with Gasteiger partial charge in [-0.2, -0.15) is 0 Å². The average Bonchev–Trinajstić information content (AvgIpc) is 2.94. The van der Waals surface area contributed by atoms with E-state index in [9.17, 15) is 13.5 Å². The summed E-state index contributed by atoms with van der Waals surface area (Å²) in [6, 6.07) is 8.60. The van der Waals surface area contributed by atoms with Gasteiger partial charge in [0.15, 0.2) is 0 Å². The number of aliphatic hydroxyl groups is 1. The van der Waals surface area contributed by atoms with Crippen LogP contribution in [0.15, 0.2) is 30.3 Å². The van der Waals surface area contributed by atoms with E-state index < -0.39 is 16.1 Å². The minimum Gasteiger partial charge on any atom is -0.392 e. The maximum atomic E-state index is 12.4. The van der Waals surface area contributed by atoms with E-state index in [1.165, 1.54) is 7.11 Å². The molecule has 20 heavy (non-hydrogen) atoms. The van der Waals surface area contributed by atoms with E-state index in [0.29, 0.717) is 5.69 Å². The Balaban J connectivity index is 2.11. The number of anilines is 1. The van der Waals surface area contributed by atoms with Crippen LogP contribution in [0.1, 0.15) is 25.7 Å². The molecule has 1 aliphatic carbocycles. The summed E-state index contributed by atoms with van der Waals surface area (Å²) < 4.78 is 25.6. The maximum absolute atomic E-state index is 12.4. The van der Waals surface area contributed by atoms with Crippen molar-refractivity contribution >= 4 is 15.7 Å². The molecule has 112 valence electrons. The Morgan fingerprint density at radius 1 is 1.30 bits per heavy atom. The van der Waals surface area contributed by atoms with Crippen molar-refractivity contribution in [2.45, 2.75) is 31.8 Å². The van der Waals surface area contributed by atoms with Gasteiger partial charge in [-0.15, -0.1) is 4.47 Å². The third-order valence-corrected chi connectivity index (χ3v) is 5.34. The number of hydrogen-bond acceptors (Lipinski definition) is 4. The number of sulfonamides is 1. The number of aliphatic hydroxyl groups excluding tert-OH is 1. The van der Waals surface area contributed by atoms with Gasteiger partial charge in [0.25, 0.3) is 10.0 Å². The van der Waals surface area contributed by atoms with Crippen molar-refractivity contribution in [3.8, 4) is 0 Å². The molecule has 0 heterocycles. The topological polar surface area (TPSA) is 66.8 Å². The zero-order valence-electron chi connectivity index (χ0n) is 11.6. The summed E-state index contributed by atoms with van der Waals surface area (Å²) in [5.74, 6) is -0.223. The second kappa shape index (κ2) is 6.56. The van der Waals surface area contributed by atoms with Crippen LogP contribution in [0.25, 0.3) is 0 Å². The fourth-order valence-corrected chi connectivity index (χ4v) is 4.20. The van der Waals surface area contributed by atoms with Crippen LogP contribution in [0.2, 0.25) is 0 Å². The Bertz CT molecular complexity index is 511. The van der Waals surface area contributed by atoms with Gasteiger partial charge in [0.1, 0.15) is 0 Å². The normalized spacial score (nSPS) is 18.1. The number of benzene rings is 1. The molecule has 0 bridgehead atoms. The Labute approximate surface area is 120 Å². The molecular formula is C14H21NO4S. The first-order valence-corrected chi connectivity index (χ1v) is 8.46. The molecule has 0 spiro atoms. The van der Waals surface area contributed by atoms with Gasteiger partial charge in [-0.1, -0.05) is 31.0 Å². The van der Waals surface area contributed by atoms with Crippen molar-refractivity contribution in [2.75, 3.05) is 17.3 Å². The highest BCUT2D eigenvalue weighted by molar-refractivity contribution is 7.92. The summed E-state index contributed by atoms with van der Waals surface area (Å²) in [5.41, 5.74) is 0.439. The highest BCUT2D eigenvalue weighted by Gasteiger charge is 2.31. The molecule has 2 rings (SSSR count). The van der Waals surface area contributed by atoms with Gasteiger partial charge in [-0.25, -0.2) is 8.42 Å². The second-order valence-electron chi connectivity index (χ2n) is 5.14. The number of hydrogen-bond donors (Lipinski definition) is 1. The summed E-state index contributed by atoms with van der Waals surface area (Å²) in [7, 11) is -2.39. The average molecular weight is 299 g/mol. The molecule has 1 aromatic carbocycles. The molecule has 1 atom stereocenters. The standard InChI is InChI=1S/C14H21NO4S/c1-19-15(13-9-3-2-4-10-13)20(17,18)11-14(16)12-7-5-6-8-12/h2-4,9-10,12,14,16H,5-8,11H2,1H3/t14-/m1/s1. The van der Waals surface area contributed by atoms with E-state index in [0.717, 1.165) is 30.2 Å². The molecule has 1 N–H and O–H groups in total. The van der Waals surface area contributed by atoms with E-state index >= 15 is 0 Å². The van der Waals surface area contributed by atoms with Gasteiger partial charge in [-0.05, 0) is 30.9 Å². The summed E-state index contributed by atoms with van der Waals surface area (Å²) in [5, 5.41) is 10.1. The van der Waals surface area contributed by atoms with Crippen molar-refractivity contribution in [2.24, 2.45) is 5.92 Å². The molecule has 0 saturated heterocycles. The summed E-state index contributed by atoms with van der Waals surface area (Å²) >= 11 is 0. The van der Waals surface area contributed by atoms with Gasteiger partial charge >= 0.3 is 0 Å². The predicted molar refractivity (Wildman–Crippen MR) is 77.7 cm³/mol. The van der Waals surface area contributed by atoms with E-state index in [-0.39, 0.29) is 11.7 Å². The predicted octanol–water partition coefficient (Wildman–Crippen LogP) is 1.94. The highest BCUT2D eigenvalue weighted by atomic mass is 32.2. The largest absolute Gasteiger partial charge is 0.392 e. The van der Waals surface area contributed by atoms with Crippen molar-refractivity contribution in [3.63, 3.8) is 0 Å². The zero-order valence-corrected chi connectivity index (χ0v) is 12.4. The third kappa shape index (κ3) is 3.50. The van der Waals surface area contributed by atoms with Gasteiger partial charge in [0, 0.05) is 0 Å². The Morgan fingerprint density at radius 2 is 1.90 bits per heavy atom. The summed E-state index contributed by atoms with van der Waals surface area (Å²) in [6.45, 7) is 0. The lowest BCUT2D eigenvalue weighted by Gasteiger charge is -2.24. The Kier molecular flexibility index (Phi) is 5.01. The SMILES string of the molecule is CON(c1ccccc1)S(=O)(=O)C[C@@H](O)C1CCCC1. The lowest BCUT2D eigenvalue weighted by atomic mass is 10.0. The number of nitrogens with zero attached hydrogens (tertiary/aromatic N) is 1. The first-order chi connectivity index (χ1) is 9.54. The maximum Gasteiger partial charge on any atom is 0.260 e. The van der Waals surface area contributed by atoms with Crippen LogP contribution in [0, 0.1) is 5.92 Å². The lowest BCUT2D eigenvalue weighted by Crippen LogP contribution is -2.38. The van der Waals surface area contributed by atoms with E-state index in [4.69, 9.17) is 4.84 Å². The van der Waals surface area contributed by atoms with E-state index in [1.807, 2.05) is 0 Å². The molecule has 1 saturated carbocycles. The van der Waals surface area contributed by atoms with E-state index in [2.05, 4.69) is 0 Å². The molecule has 0 radical (unpaired) electrons. The molecule has 0 unspecified atom stereocenters. The Hall–Kier alpha value is -1.11. The van der Waals surface area contributed by atoms with Crippen molar-refractivity contribution in [1.82, 2.24) is 0 Å². The van der Waals surface area contributed by atoms with Crippen molar-refractivity contribution in [1.29, 1.82) is 0 Å². The lowest BCUT2D eigenvalue weighted by molar-refractivity contribution is 0.129. The number of para-hydroxylation sites is 1. The van der Waals surface area contributed by atoms with Crippen LogP contribution in [-0.2, 0) is 14.9 Å². The number of rotatable bonds is 6. The molecule has 1 aliphatic rings. The first-order valence-electron chi connectivity index (χ1n) is 6.85. The minimum absolute atomic E-state index is 0.0826. The molecule has 0 amide bonds. The summed E-state index contributed by atoms with van der Waals surface area (Å²) in [6.07, 6.45) is 3.09. The van der Waals surface area contributed by atoms with Crippen molar-refractivity contribution in [3.05, 3.63) is 30.3 Å². The van der Waals surface area contributed by atoms with Crippen LogP contribution in [0.5, 0.6) is 0 Å². The third-order valence-electron chi connectivity index (χ3n) is 3.71. The fraction of sp³-hybridized carbons (Fsp3) is 0.571. The molecule has 0 aliphatic heterocycles. The van der Waals surface area contributed by atoms with Gasteiger partial charge in [0.05, 0.1) is 24.7 Å². The van der Waals surface area contributed by atoms with Crippen LogP contribution in [-0.4, -0.2) is 32.5 Å². The van der Waals surface area contributed by atoms with Crippen LogP contribution in [0.4, 0.5) is 5.69 Å². The second-order valence-corrected chi connectivity index (χ2v) is 6.96. The molecular weight excluding hydrogens is 278 g/mol. The van der Waals surface area contributed by atoms with Crippen LogP contribution >= 0.6 is 0 Å². The minimum atomic E-state index is -3.70. The van der Waals surface area contributed by atoms with E-state index in [1.54, 1.807) is 30.3 Å². The summed E-state index contributed by atoms with van der Waals surface area (Å²) in [4.78, 5) is 5.00. The monoisotopic (exact) mass is 299 g/mol. The van der Waals surface area contributed by atoms with Crippen molar-refractivity contribution < 1.29 is 18.4 Å². The molecule has 1 fully saturated rings. The first kappa shape index (κ1) is 15.3. The molecule has 0 aromatic heterocycles. The highest BCUT2D eigenvalue weighted by Crippen LogP contribution is 2.29. The van der Waals surface area contributed by atoms with Crippen LogP contribution in [0.3, 0.4) is 0 Å². The van der Waals surface area contributed by atoms with Gasteiger partial charge < -0.3 is 5.11 Å². The van der Waals surface area contributed by atoms with Gasteiger partial charge in [0.2, 0.25) is 0 Å². The van der Waals surface area contributed by atoms with Gasteiger partial charge in [-0.3, -0.25) is 4.84 Å². The molecule has 5 nitrogen and oxygen atoms in total. The molecule has 6 heteroatoms. The molecule has 1 aromatic rings. The smallest absolute Gasteiger partial charge is 0.260 e. The quantitative estimate of drug-likeness (QED) is 0.815. The fourth-order valence-electron chi connectivity index (χ4n) is 2.69. The van der Waals surface area contributed by atoms with Crippen LogP contribution < -0.4 is 4.47 Å². The Morgan fingerprint density at radius 3 is 2.45 bits per heavy atom.